The molecule has 0 saturated carbocycles. The average molecular weight is 357 g/mol. The van der Waals surface area contributed by atoms with Gasteiger partial charge in [-0.3, -0.25) is 4.79 Å². The number of hydrogen-bond donors (Lipinski definition) is 1. The van der Waals surface area contributed by atoms with Gasteiger partial charge >= 0.3 is 0 Å². The highest BCUT2D eigenvalue weighted by atomic mass is 16.5. The van der Waals surface area contributed by atoms with Crippen molar-refractivity contribution < 1.29 is 4.74 Å². The summed E-state index contributed by atoms with van der Waals surface area (Å²) >= 11 is 0. The summed E-state index contributed by atoms with van der Waals surface area (Å²) in [5, 5.41) is 0.579. The number of methoxy groups -OCH3 is 1. The molecule has 0 bridgehead atoms. The molecule has 4 aromatic rings. The molecule has 0 aliphatic rings. The van der Waals surface area contributed by atoms with Crippen molar-refractivity contribution in [3.63, 3.8) is 0 Å². The van der Waals surface area contributed by atoms with Crippen LogP contribution < -0.4 is 15.7 Å². The van der Waals surface area contributed by atoms with E-state index in [1.807, 2.05) is 72.8 Å². The Morgan fingerprint density at radius 2 is 1.63 bits per heavy atom. The number of rotatable bonds is 5. The van der Waals surface area contributed by atoms with Crippen LogP contribution in [0.2, 0.25) is 0 Å². The van der Waals surface area contributed by atoms with E-state index in [1.165, 1.54) is 4.68 Å². The summed E-state index contributed by atoms with van der Waals surface area (Å²) in [6, 6.07) is 24.8. The highest BCUT2D eigenvalue weighted by molar-refractivity contribution is 5.79. The maximum absolute atomic E-state index is 13.1. The smallest absolute Gasteiger partial charge is 0.280 e. The number of aromatic nitrogens is 2. The number of fused-ring (bicyclic) bond motifs is 1. The molecule has 1 heterocycles. The van der Waals surface area contributed by atoms with Crippen LogP contribution in [0.4, 0.5) is 0 Å². The second-order valence-electron chi connectivity index (χ2n) is 6.14. The molecule has 0 spiro atoms. The van der Waals surface area contributed by atoms with E-state index in [4.69, 9.17) is 9.72 Å². The van der Waals surface area contributed by atoms with Gasteiger partial charge < -0.3 is 10.2 Å². The Bertz CT molecular complexity index is 1120. The molecular weight excluding hydrogens is 338 g/mol. The zero-order valence-electron chi connectivity index (χ0n) is 14.9. The Balaban J connectivity index is 1.83. The highest BCUT2D eigenvalue weighted by Crippen LogP contribution is 2.21. The molecule has 0 aliphatic heterocycles. The normalized spacial score (nSPS) is 10.7. The molecule has 0 radical (unpaired) electrons. The Kier molecular flexibility index (Phi) is 4.58. The SMILES string of the molecule is COc1ccc(-c2nc3ccccc3c(=O)n2NCc2ccccc2)cc1. The van der Waals surface area contributed by atoms with Gasteiger partial charge in [0, 0.05) is 5.56 Å². The molecule has 134 valence electrons. The molecule has 5 nitrogen and oxygen atoms in total. The van der Waals surface area contributed by atoms with Crippen LogP contribution in [-0.4, -0.2) is 16.8 Å². The molecule has 27 heavy (non-hydrogen) atoms. The fraction of sp³-hybridized carbons (Fsp3) is 0.0909. The second-order valence-corrected chi connectivity index (χ2v) is 6.14. The minimum absolute atomic E-state index is 0.123. The molecule has 4 rings (SSSR count). The predicted molar refractivity (Wildman–Crippen MR) is 107 cm³/mol. The lowest BCUT2D eigenvalue weighted by atomic mass is 10.2. The first kappa shape index (κ1) is 16.8. The molecule has 1 N–H and O–H groups in total. The van der Waals surface area contributed by atoms with Crippen molar-refractivity contribution >= 4 is 10.9 Å². The van der Waals surface area contributed by atoms with Gasteiger partial charge in [-0.05, 0) is 42.0 Å². The molecule has 0 unspecified atom stereocenters. The van der Waals surface area contributed by atoms with Gasteiger partial charge in [0.25, 0.3) is 5.56 Å². The van der Waals surface area contributed by atoms with Crippen LogP contribution in [0.25, 0.3) is 22.3 Å². The number of ether oxygens (including phenoxy) is 1. The number of para-hydroxylation sites is 1. The van der Waals surface area contributed by atoms with Crippen LogP contribution in [0.5, 0.6) is 5.75 Å². The molecular formula is C22H19N3O2. The van der Waals surface area contributed by atoms with Crippen LogP contribution in [0.1, 0.15) is 5.56 Å². The summed E-state index contributed by atoms with van der Waals surface area (Å²) in [5.74, 6) is 1.32. The highest BCUT2D eigenvalue weighted by Gasteiger charge is 2.13. The summed E-state index contributed by atoms with van der Waals surface area (Å²) in [5.41, 5.74) is 5.69. The maximum Gasteiger partial charge on any atom is 0.280 e. The number of hydrogen-bond acceptors (Lipinski definition) is 4. The van der Waals surface area contributed by atoms with Crippen LogP contribution in [0.15, 0.2) is 83.7 Å². The summed E-state index contributed by atoms with van der Waals surface area (Å²) in [6.07, 6.45) is 0. The van der Waals surface area contributed by atoms with Crippen LogP contribution >= 0.6 is 0 Å². The van der Waals surface area contributed by atoms with Crippen molar-refractivity contribution in [2.24, 2.45) is 0 Å². The van der Waals surface area contributed by atoms with Crippen molar-refractivity contribution in [1.29, 1.82) is 0 Å². The minimum atomic E-state index is -0.123. The zero-order chi connectivity index (χ0) is 18.6. The largest absolute Gasteiger partial charge is 0.497 e. The van der Waals surface area contributed by atoms with Crippen molar-refractivity contribution in [3.8, 4) is 17.1 Å². The average Bonchev–Trinajstić information content (AvgIpc) is 2.74. The molecule has 1 aromatic heterocycles. The number of benzene rings is 3. The van der Waals surface area contributed by atoms with Gasteiger partial charge in [-0.2, -0.15) is 0 Å². The predicted octanol–water partition coefficient (Wildman–Crippen LogP) is 3.82. The second kappa shape index (κ2) is 7.33. The molecule has 0 saturated heterocycles. The fourth-order valence-electron chi connectivity index (χ4n) is 2.98. The van der Waals surface area contributed by atoms with Gasteiger partial charge in [0.05, 0.1) is 24.6 Å². The van der Waals surface area contributed by atoms with Gasteiger partial charge in [0.1, 0.15) is 5.75 Å². The van der Waals surface area contributed by atoms with Gasteiger partial charge in [0.15, 0.2) is 5.82 Å². The monoisotopic (exact) mass is 357 g/mol. The molecule has 0 amide bonds. The molecule has 0 aliphatic carbocycles. The minimum Gasteiger partial charge on any atom is -0.497 e. The molecule has 5 heteroatoms. The van der Waals surface area contributed by atoms with Crippen molar-refractivity contribution in [3.05, 3.63) is 94.8 Å². The topological polar surface area (TPSA) is 56.1 Å². The van der Waals surface area contributed by atoms with E-state index in [0.29, 0.717) is 23.3 Å². The first-order chi connectivity index (χ1) is 13.3. The first-order valence-corrected chi connectivity index (χ1v) is 8.70. The first-order valence-electron chi connectivity index (χ1n) is 8.70. The Morgan fingerprint density at radius 3 is 2.37 bits per heavy atom. The number of nitrogens with one attached hydrogen (secondary N) is 1. The van der Waals surface area contributed by atoms with E-state index < -0.39 is 0 Å². The Morgan fingerprint density at radius 1 is 0.926 bits per heavy atom. The Labute approximate surface area is 156 Å². The lowest BCUT2D eigenvalue weighted by Gasteiger charge is -2.16. The summed E-state index contributed by atoms with van der Waals surface area (Å²) in [4.78, 5) is 17.8. The maximum atomic E-state index is 13.1. The third-order valence-corrected chi connectivity index (χ3v) is 4.41. The van der Waals surface area contributed by atoms with Gasteiger partial charge in [0.2, 0.25) is 0 Å². The standard InChI is InChI=1S/C22H19N3O2/c1-27-18-13-11-17(12-14-18)21-24-20-10-6-5-9-19(20)22(26)25(21)23-15-16-7-3-2-4-8-16/h2-14,23H,15H2,1H3. The van der Waals surface area contributed by atoms with E-state index in [-0.39, 0.29) is 5.56 Å². The quantitative estimate of drug-likeness (QED) is 0.590. The van der Waals surface area contributed by atoms with E-state index in [1.54, 1.807) is 13.2 Å². The van der Waals surface area contributed by atoms with Gasteiger partial charge in [-0.25, -0.2) is 9.66 Å². The Hall–Kier alpha value is -3.60. The van der Waals surface area contributed by atoms with Gasteiger partial charge in [-0.15, -0.1) is 0 Å². The van der Waals surface area contributed by atoms with Gasteiger partial charge in [-0.1, -0.05) is 42.5 Å². The third kappa shape index (κ3) is 3.40. The van der Waals surface area contributed by atoms with E-state index in [0.717, 1.165) is 16.9 Å². The van der Waals surface area contributed by atoms with Crippen LogP contribution in [0.3, 0.4) is 0 Å². The lowest BCUT2D eigenvalue weighted by molar-refractivity contribution is 0.415. The van der Waals surface area contributed by atoms with E-state index in [2.05, 4.69) is 5.43 Å². The molecule has 3 aromatic carbocycles. The fourth-order valence-corrected chi connectivity index (χ4v) is 2.98. The van der Waals surface area contributed by atoms with Crippen molar-refractivity contribution in [2.45, 2.75) is 6.54 Å². The third-order valence-electron chi connectivity index (χ3n) is 4.41. The lowest BCUT2D eigenvalue weighted by Crippen LogP contribution is -2.31. The number of nitrogens with zero attached hydrogens (tertiary/aromatic N) is 2. The van der Waals surface area contributed by atoms with Crippen LogP contribution in [0, 0.1) is 0 Å². The van der Waals surface area contributed by atoms with Crippen LogP contribution in [-0.2, 0) is 6.54 Å². The molecule has 0 atom stereocenters. The summed E-state index contributed by atoms with van der Waals surface area (Å²) in [6.45, 7) is 0.518. The van der Waals surface area contributed by atoms with E-state index >= 15 is 0 Å². The molecule has 0 fully saturated rings. The van der Waals surface area contributed by atoms with E-state index in [9.17, 15) is 4.79 Å². The van der Waals surface area contributed by atoms with Crippen molar-refractivity contribution in [1.82, 2.24) is 9.66 Å². The zero-order valence-corrected chi connectivity index (χ0v) is 14.9. The summed E-state index contributed by atoms with van der Waals surface area (Å²) < 4.78 is 6.75. The summed E-state index contributed by atoms with van der Waals surface area (Å²) in [7, 11) is 1.63. The van der Waals surface area contributed by atoms with Crippen molar-refractivity contribution in [2.75, 3.05) is 12.5 Å².